The summed E-state index contributed by atoms with van der Waals surface area (Å²) in [5.41, 5.74) is -2.82. The van der Waals surface area contributed by atoms with E-state index in [9.17, 15) is 30.7 Å². The van der Waals surface area contributed by atoms with E-state index in [1.165, 1.54) is 36.5 Å². The van der Waals surface area contributed by atoms with Crippen molar-refractivity contribution < 1.29 is 30.7 Å². The Morgan fingerprint density at radius 3 is 2.00 bits per heavy atom. The third kappa shape index (κ3) is 3.94. The van der Waals surface area contributed by atoms with Crippen LogP contribution < -0.4 is 0 Å². The summed E-state index contributed by atoms with van der Waals surface area (Å²) in [5.74, 6) is -0.496. The Kier molecular flexibility index (Phi) is 5.44. The van der Waals surface area contributed by atoms with E-state index in [-0.39, 0.29) is 17.4 Å². The molecule has 30 heavy (non-hydrogen) atoms. The average Bonchev–Trinajstić information content (AvgIpc) is 3.12. The first-order valence-electron chi connectivity index (χ1n) is 8.77. The van der Waals surface area contributed by atoms with Crippen molar-refractivity contribution in [2.45, 2.75) is 26.2 Å². The average molecular weight is 429 g/mol. The molecule has 0 amide bonds. The molecule has 0 fully saturated rings. The van der Waals surface area contributed by atoms with Gasteiger partial charge in [0.15, 0.2) is 0 Å². The molecule has 0 unspecified atom stereocenters. The van der Waals surface area contributed by atoms with Crippen LogP contribution in [0.4, 0.5) is 30.7 Å². The second kappa shape index (κ2) is 7.58. The topological polar surface area (TPSA) is 30.2 Å². The van der Waals surface area contributed by atoms with Crippen LogP contribution in [0.2, 0.25) is 0 Å². The van der Waals surface area contributed by atoms with E-state index in [1.54, 1.807) is 0 Å². The van der Waals surface area contributed by atoms with Crippen molar-refractivity contribution in [2.75, 3.05) is 0 Å². The Labute approximate surface area is 165 Å². The summed E-state index contributed by atoms with van der Waals surface area (Å²) in [4.78, 5) is 7.59. The highest BCUT2D eigenvalue weighted by Gasteiger charge is 2.39. The van der Waals surface area contributed by atoms with Crippen molar-refractivity contribution in [3.63, 3.8) is 0 Å². The molecule has 0 bridgehead atoms. The molecule has 0 aliphatic carbocycles. The molecule has 0 radical (unpaired) electrons. The van der Waals surface area contributed by atoms with Gasteiger partial charge in [0.2, 0.25) is 0 Å². The van der Waals surface area contributed by atoms with Crippen molar-refractivity contribution in [1.82, 2.24) is 14.4 Å². The largest absolute Gasteiger partial charge is 0.433 e. The lowest BCUT2D eigenvalue weighted by Crippen LogP contribution is -2.14. The number of nitrogens with zero attached hydrogens (tertiary/aromatic N) is 3. The molecule has 0 spiro atoms. The van der Waals surface area contributed by atoms with E-state index in [1.807, 2.05) is 13.8 Å². The van der Waals surface area contributed by atoms with Crippen molar-refractivity contribution in [1.29, 1.82) is 0 Å². The molecule has 4 rings (SSSR count). The maximum absolute atomic E-state index is 13.3. The van der Waals surface area contributed by atoms with Crippen molar-refractivity contribution >= 4 is 16.7 Å². The van der Waals surface area contributed by atoms with Gasteiger partial charge in [0.1, 0.15) is 22.8 Å². The number of fused-ring (bicyclic) bond motifs is 3. The highest BCUT2D eigenvalue weighted by Crippen LogP contribution is 2.39. The van der Waals surface area contributed by atoms with Crippen molar-refractivity contribution in [3.05, 3.63) is 65.7 Å². The second-order valence-electron chi connectivity index (χ2n) is 5.98. The van der Waals surface area contributed by atoms with Gasteiger partial charge >= 0.3 is 12.4 Å². The molecule has 3 nitrogen and oxygen atoms in total. The van der Waals surface area contributed by atoms with Gasteiger partial charge in [-0.25, -0.2) is 14.4 Å². The molecule has 3 heterocycles. The normalized spacial score (nSPS) is 12.2. The molecular formula is C20H14F7N3. The Morgan fingerprint density at radius 1 is 0.800 bits per heavy atom. The summed E-state index contributed by atoms with van der Waals surface area (Å²) in [5, 5.41) is -0.490. The number of alkyl halides is 6. The fraction of sp³-hybridized carbons (Fsp3) is 0.200. The van der Waals surface area contributed by atoms with Crippen molar-refractivity contribution in [3.8, 4) is 11.3 Å². The van der Waals surface area contributed by atoms with Crippen LogP contribution in [0.3, 0.4) is 0 Å². The molecule has 0 N–H and O–H groups in total. The Morgan fingerprint density at radius 2 is 1.43 bits per heavy atom. The fourth-order valence-corrected chi connectivity index (χ4v) is 2.87. The molecule has 4 aromatic rings. The molecule has 0 saturated carbocycles. The number of hydrogen-bond donors (Lipinski definition) is 0. The fourth-order valence-electron chi connectivity index (χ4n) is 2.87. The monoisotopic (exact) mass is 429 g/mol. The zero-order chi connectivity index (χ0) is 22.3. The summed E-state index contributed by atoms with van der Waals surface area (Å²) in [7, 11) is 0. The summed E-state index contributed by atoms with van der Waals surface area (Å²) < 4.78 is 93.5. The summed E-state index contributed by atoms with van der Waals surface area (Å²) in [6.07, 6.45) is -8.80. The van der Waals surface area contributed by atoms with Gasteiger partial charge < -0.3 is 0 Å². The minimum atomic E-state index is -5.06. The second-order valence-corrected chi connectivity index (χ2v) is 5.98. The molecule has 158 valence electrons. The highest BCUT2D eigenvalue weighted by molar-refractivity contribution is 5.83. The Hall–Kier alpha value is -3.17. The van der Waals surface area contributed by atoms with E-state index in [0.717, 1.165) is 10.5 Å². The van der Waals surface area contributed by atoms with E-state index < -0.39 is 40.5 Å². The molecule has 0 aliphatic rings. The van der Waals surface area contributed by atoms with Crippen LogP contribution in [0, 0.1) is 5.82 Å². The van der Waals surface area contributed by atoms with Crippen LogP contribution >= 0.6 is 0 Å². The maximum atomic E-state index is 13.3. The van der Waals surface area contributed by atoms with Gasteiger partial charge in [-0.05, 0) is 42.5 Å². The number of pyridine rings is 2. The minimum Gasteiger partial charge on any atom is -0.283 e. The predicted octanol–water partition coefficient (Wildman–Crippen LogP) is 6.75. The summed E-state index contributed by atoms with van der Waals surface area (Å²) in [6, 6.07) is 7.40. The first-order chi connectivity index (χ1) is 14.0. The number of aromatic nitrogens is 3. The first kappa shape index (κ1) is 21.5. The van der Waals surface area contributed by atoms with Gasteiger partial charge in [-0.15, -0.1) is 0 Å². The smallest absolute Gasteiger partial charge is 0.283 e. The lowest BCUT2D eigenvalue weighted by Gasteiger charge is -2.14. The van der Waals surface area contributed by atoms with Crippen LogP contribution in [0.25, 0.3) is 27.9 Å². The third-order valence-corrected chi connectivity index (χ3v) is 4.13. The van der Waals surface area contributed by atoms with E-state index in [4.69, 9.17) is 0 Å². The minimum absolute atomic E-state index is 0.00796. The van der Waals surface area contributed by atoms with Gasteiger partial charge in [-0.1, -0.05) is 13.8 Å². The van der Waals surface area contributed by atoms with Gasteiger partial charge in [-0.3, -0.25) is 4.40 Å². The van der Waals surface area contributed by atoms with Gasteiger partial charge in [0.05, 0.1) is 11.3 Å². The molecule has 1 aromatic carbocycles. The lowest BCUT2D eigenvalue weighted by molar-refractivity contribution is -0.144. The first-order valence-corrected chi connectivity index (χ1v) is 8.77. The SMILES string of the molecule is CC.Fc1ccc(-c2cn3c(ccc4c(C(F)(F)F)cc(C(F)(F)F)nc43)n2)cc1. The number of halogens is 7. The highest BCUT2D eigenvalue weighted by atomic mass is 19.4. The third-order valence-electron chi connectivity index (χ3n) is 4.13. The number of rotatable bonds is 1. The van der Waals surface area contributed by atoms with Gasteiger partial charge in [0, 0.05) is 17.1 Å². The Balaban J connectivity index is 0.00000124. The van der Waals surface area contributed by atoms with Crippen LogP contribution in [0.5, 0.6) is 0 Å². The molecule has 0 aliphatic heterocycles. The Bertz CT molecular complexity index is 1190. The quantitative estimate of drug-likeness (QED) is 0.313. The van der Waals surface area contributed by atoms with Crippen LogP contribution in [0.15, 0.2) is 48.7 Å². The van der Waals surface area contributed by atoms with Gasteiger partial charge in [-0.2, -0.15) is 26.3 Å². The van der Waals surface area contributed by atoms with E-state index >= 15 is 0 Å². The van der Waals surface area contributed by atoms with Crippen LogP contribution in [-0.2, 0) is 12.4 Å². The molecule has 0 atom stereocenters. The molecule has 10 heteroatoms. The van der Waals surface area contributed by atoms with Gasteiger partial charge in [0.25, 0.3) is 0 Å². The van der Waals surface area contributed by atoms with Crippen LogP contribution in [0.1, 0.15) is 25.1 Å². The van der Waals surface area contributed by atoms with E-state index in [0.29, 0.717) is 5.56 Å². The number of hydrogen-bond acceptors (Lipinski definition) is 2. The number of benzene rings is 1. The standard InChI is InChI=1S/C18H8F7N3.C2H6/c19-10-3-1-9(2-4-10)13-8-28-15(26-13)6-5-11-12(17(20,21)22)7-14(18(23,24)25)27-16(11)28;1-2/h1-8H;1-2H3. The summed E-state index contributed by atoms with van der Waals surface area (Å²) >= 11 is 0. The predicted molar refractivity (Wildman–Crippen MR) is 97.2 cm³/mol. The zero-order valence-electron chi connectivity index (χ0n) is 15.6. The zero-order valence-corrected chi connectivity index (χ0v) is 15.6. The molecule has 3 aromatic heterocycles. The van der Waals surface area contributed by atoms with E-state index in [2.05, 4.69) is 9.97 Å². The molecule has 0 saturated heterocycles. The van der Waals surface area contributed by atoms with Crippen LogP contribution in [-0.4, -0.2) is 14.4 Å². The summed E-state index contributed by atoms with van der Waals surface area (Å²) in [6.45, 7) is 4.00. The number of imidazole rings is 1. The maximum Gasteiger partial charge on any atom is 0.433 e. The molecular weight excluding hydrogens is 415 g/mol. The van der Waals surface area contributed by atoms with Crippen molar-refractivity contribution in [2.24, 2.45) is 0 Å². The lowest BCUT2D eigenvalue weighted by atomic mass is 10.1.